The second-order valence-corrected chi connectivity index (χ2v) is 7.45. The van der Waals surface area contributed by atoms with E-state index in [0.717, 1.165) is 36.3 Å². The standard InChI is InChI=1S/C22H22N4O5/c1-31-21-10-9-19(26(29)30)14-17(21)15-24-13-3-12-23-11-2-4-20(23)22(24)16-5-7-18(8-6-16)25(27)28/h2,4-11,14,22H,3,12-13,15H2,1H3/t22-/m0/s1. The van der Waals surface area contributed by atoms with Gasteiger partial charge in [0.1, 0.15) is 5.75 Å². The number of hydrogen-bond acceptors (Lipinski definition) is 6. The number of methoxy groups -OCH3 is 1. The third-order valence-corrected chi connectivity index (χ3v) is 5.62. The first-order valence-corrected chi connectivity index (χ1v) is 9.92. The van der Waals surface area contributed by atoms with Crippen molar-refractivity contribution in [3.8, 4) is 5.75 Å². The van der Waals surface area contributed by atoms with Crippen molar-refractivity contribution >= 4 is 11.4 Å². The fraction of sp³-hybridized carbons (Fsp3) is 0.273. The molecule has 0 N–H and O–H groups in total. The van der Waals surface area contributed by atoms with Crippen LogP contribution in [0.15, 0.2) is 60.8 Å². The van der Waals surface area contributed by atoms with Crippen LogP contribution in [0.1, 0.15) is 29.3 Å². The Kier molecular flexibility index (Phi) is 5.68. The summed E-state index contributed by atoms with van der Waals surface area (Å²) in [5.74, 6) is 0.590. The zero-order chi connectivity index (χ0) is 22.0. The van der Waals surface area contributed by atoms with E-state index in [4.69, 9.17) is 4.74 Å². The van der Waals surface area contributed by atoms with Crippen LogP contribution in [0.3, 0.4) is 0 Å². The van der Waals surface area contributed by atoms with Crippen LogP contribution in [0.5, 0.6) is 5.75 Å². The fourth-order valence-electron chi connectivity index (χ4n) is 4.19. The number of aromatic nitrogens is 1. The molecule has 160 valence electrons. The van der Waals surface area contributed by atoms with Crippen molar-refractivity contribution in [2.24, 2.45) is 0 Å². The average Bonchev–Trinajstić information content (AvgIpc) is 3.15. The Morgan fingerprint density at radius 1 is 1.00 bits per heavy atom. The number of aryl methyl sites for hydroxylation is 1. The topological polar surface area (TPSA) is 104 Å². The van der Waals surface area contributed by atoms with Crippen LogP contribution in [0.25, 0.3) is 0 Å². The molecule has 9 heteroatoms. The first-order valence-electron chi connectivity index (χ1n) is 9.92. The Balaban J connectivity index is 1.76. The molecule has 1 aromatic heterocycles. The lowest BCUT2D eigenvalue weighted by atomic mass is 10.0. The molecule has 0 spiro atoms. The minimum absolute atomic E-state index is 0.0147. The van der Waals surface area contributed by atoms with Gasteiger partial charge in [-0.05, 0) is 30.2 Å². The van der Waals surface area contributed by atoms with Crippen LogP contribution in [-0.2, 0) is 13.1 Å². The first kappa shape index (κ1) is 20.5. The van der Waals surface area contributed by atoms with Crippen molar-refractivity contribution in [3.05, 3.63) is 97.8 Å². The van der Waals surface area contributed by atoms with E-state index in [1.807, 2.05) is 12.3 Å². The van der Waals surface area contributed by atoms with Crippen LogP contribution in [0.2, 0.25) is 0 Å². The lowest BCUT2D eigenvalue weighted by molar-refractivity contribution is -0.385. The SMILES string of the molecule is COc1ccc([N+](=O)[O-])cc1CN1CCCn2cccc2[C@@H]1c1ccc([N+](=O)[O-])cc1. The zero-order valence-electron chi connectivity index (χ0n) is 17.0. The Hall–Kier alpha value is -3.72. The highest BCUT2D eigenvalue weighted by atomic mass is 16.6. The van der Waals surface area contributed by atoms with Crippen molar-refractivity contribution in [3.63, 3.8) is 0 Å². The van der Waals surface area contributed by atoms with Crippen molar-refractivity contribution in [1.82, 2.24) is 9.47 Å². The minimum atomic E-state index is -0.412. The van der Waals surface area contributed by atoms with E-state index in [2.05, 4.69) is 15.5 Å². The Morgan fingerprint density at radius 3 is 2.39 bits per heavy atom. The van der Waals surface area contributed by atoms with E-state index in [1.165, 1.54) is 18.2 Å². The summed E-state index contributed by atoms with van der Waals surface area (Å²) in [7, 11) is 1.55. The fourth-order valence-corrected chi connectivity index (χ4v) is 4.19. The van der Waals surface area contributed by atoms with Gasteiger partial charge < -0.3 is 9.30 Å². The van der Waals surface area contributed by atoms with Crippen LogP contribution in [0.4, 0.5) is 11.4 Å². The van der Waals surface area contributed by atoms with E-state index in [-0.39, 0.29) is 17.4 Å². The molecule has 1 aliphatic rings. The van der Waals surface area contributed by atoms with Gasteiger partial charge in [0, 0.05) is 61.4 Å². The summed E-state index contributed by atoms with van der Waals surface area (Å²) in [6.45, 7) is 2.06. The van der Waals surface area contributed by atoms with Gasteiger partial charge in [-0.25, -0.2) is 0 Å². The number of nitro groups is 2. The summed E-state index contributed by atoms with van der Waals surface area (Å²) in [5, 5.41) is 22.4. The number of ether oxygens (including phenoxy) is 1. The van der Waals surface area contributed by atoms with Gasteiger partial charge in [0.05, 0.1) is 23.0 Å². The summed E-state index contributed by atoms with van der Waals surface area (Å²) in [5.41, 5.74) is 2.79. The molecule has 0 saturated heterocycles. The molecule has 0 saturated carbocycles. The molecule has 0 bridgehead atoms. The Morgan fingerprint density at radius 2 is 1.71 bits per heavy atom. The van der Waals surface area contributed by atoms with Crippen LogP contribution < -0.4 is 4.74 Å². The van der Waals surface area contributed by atoms with Crippen molar-refractivity contribution in [2.45, 2.75) is 25.6 Å². The third-order valence-electron chi connectivity index (χ3n) is 5.62. The largest absolute Gasteiger partial charge is 0.496 e. The second-order valence-electron chi connectivity index (χ2n) is 7.45. The number of hydrogen-bond donors (Lipinski definition) is 0. The molecule has 31 heavy (non-hydrogen) atoms. The van der Waals surface area contributed by atoms with Crippen molar-refractivity contribution < 1.29 is 14.6 Å². The molecule has 0 amide bonds. The van der Waals surface area contributed by atoms with Gasteiger partial charge in [-0.1, -0.05) is 12.1 Å². The highest BCUT2D eigenvalue weighted by molar-refractivity contribution is 5.44. The summed E-state index contributed by atoms with van der Waals surface area (Å²) in [6, 6.07) is 15.1. The molecule has 0 radical (unpaired) electrons. The van der Waals surface area contributed by atoms with E-state index >= 15 is 0 Å². The molecular weight excluding hydrogens is 400 g/mol. The summed E-state index contributed by atoms with van der Waals surface area (Å²) < 4.78 is 7.65. The molecule has 1 aliphatic heterocycles. The second kappa shape index (κ2) is 8.57. The van der Waals surface area contributed by atoms with E-state index in [1.54, 1.807) is 31.4 Å². The molecular formula is C22H22N4O5. The quantitative estimate of drug-likeness (QED) is 0.433. The number of rotatable bonds is 6. The zero-order valence-corrected chi connectivity index (χ0v) is 17.0. The van der Waals surface area contributed by atoms with E-state index < -0.39 is 9.85 Å². The lowest BCUT2D eigenvalue weighted by Crippen LogP contribution is -2.29. The van der Waals surface area contributed by atoms with Crippen LogP contribution in [-0.4, -0.2) is 33.0 Å². The number of non-ortho nitro benzene ring substituents is 2. The minimum Gasteiger partial charge on any atom is -0.496 e. The molecule has 0 unspecified atom stereocenters. The molecule has 9 nitrogen and oxygen atoms in total. The van der Waals surface area contributed by atoms with Crippen LogP contribution >= 0.6 is 0 Å². The predicted octanol–water partition coefficient (Wildman–Crippen LogP) is 4.31. The molecule has 3 aromatic rings. The third kappa shape index (κ3) is 4.13. The lowest BCUT2D eigenvalue weighted by Gasteiger charge is -2.31. The maximum absolute atomic E-state index is 11.3. The summed E-state index contributed by atoms with van der Waals surface area (Å²) >= 11 is 0. The van der Waals surface area contributed by atoms with Gasteiger partial charge in [0.25, 0.3) is 11.4 Å². The van der Waals surface area contributed by atoms with Gasteiger partial charge >= 0.3 is 0 Å². The average molecular weight is 422 g/mol. The highest BCUT2D eigenvalue weighted by Gasteiger charge is 2.29. The molecule has 0 aliphatic carbocycles. The Labute approximate surface area is 178 Å². The predicted molar refractivity (Wildman–Crippen MR) is 114 cm³/mol. The smallest absolute Gasteiger partial charge is 0.270 e. The van der Waals surface area contributed by atoms with Crippen molar-refractivity contribution in [1.29, 1.82) is 0 Å². The van der Waals surface area contributed by atoms with Gasteiger partial charge in [0.15, 0.2) is 0 Å². The van der Waals surface area contributed by atoms with E-state index in [9.17, 15) is 20.2 Å². The number of nitro benzene ring substituents is 2. The van der Waals surface area contributed by atoms with Gasteiger partial charge in [-0.2, -0.15) is 0 Å². The summed E-state index contributed by atoms with van der Waals surface area (Å²) in [6.07, 6.45) is 2.94. The molecule has 0 fully saturated rings. The van der Waals surface area contributed by atoms with Gasteiger partial charge in [-0.15, -0.1) is 0 Å². The van der Waals surface area contributed by atoms with Crippen LogP contribution in [0, 0.1) is 20.2 Å². The first-order chi connectivity index (χ1) is 15.0. The maximum Gasteiger partial charge on any atom is 0.270 e. The number of nitrogens with zero attached hydrogens (tertiary/aromatic N) is 4. The summed E-state index contributed by atoms with van der Waals surface area (Å²) in [4.78, 5) is 23.8. The molecule has 2 heterocycles. The molecule has 1 atom stereocenters. The van der Waals surface area contributed by atoms with Gasteiger partial charge in [0.2, 0.25) is 0 Å². The van der Waals surface area contributed by atoms with Crippen molar-refractivity contribution in [2.75, 3.05) is 13.7 Å². The van der Waals surface area contributed by atoms with Gasteiger partial charge in [-0.3, -0.25) is 25.1 Å². The number of benzene rings is 2. The Bertz CT molecular complexity index is 1110. The number of fused-ring (bicyclic) bond motifs is 1. The molecule has 2 aromatic carbocycles. The molecule has 4 rings (SSSR count). The highest BCUT2D eigenvalue weighted by Crippen LogP contribution is 2.35. The van der Waals surface area contributed by atoms with E-state index in [0.29, 0.717) is 12.3 Å². The maximum atomic E-state index is 11.3. The monoisotopic (exact) mass is 422 g/mol. The normalized spacial score (nSPS) is 16.4.